The van der Waals surface area contributed by atoms with Crippen molar-refractivity contribution >= 4 is 17.5 Å². The number of likely N-dealkylation sites (N-methyl/N-ethyl adjacent to an activating group) is 1. The van der Waals surface area contributed by atoms with Crippen molar-refractivity contribution in [3.05, 3.63) is 54.0 Å². The number of piperazine rings is 1. The third kappa shape index (κ3) is 6.17. The van der Waals surface area contributed by atoms with Crippen LogP contribution >= 0.6 is 0 Å². The van der Waals surface area contributed by atoms with E-state index in [4.69, 9.17) is 4.42 Å². The molecule has 1 aromatic heterocycles. The summed E-state index contributed by atoms with van der Waals surface area (Å²) in [7, 11) is 2.00. The predicted octanol–water partition coefficient (Wildman–Crippen LogP) is -0.777. The molecule has 3 rings (SSSR count). The monoisotopic (exact) mass is 400 g/mol. The molecule has 1 saturated heterocycles. The van der Waals surface area contributed by atoms with Gasteiger partial charge in [0.05, 0.1) is 39.5 Å². The first-order valence-electron chi connectivity index (χ1n) is 10.4. The van der Waals surface area contributed by atoms with E-state index in [0.29, 0.717) is 32.7 Å². The summed E-state index contributed by atoms with van der Waals surface area (Å²) in [5.41, 5.74) is 2.04. The van der Waals surface area contributed by atoms with Crippen LogP contribution in [0.5, 0.6) is 0 Å². The van der Waals surface area contributed by atoms with Crippen LogP contribution in [0.25, 0.3) is 0 Å². The van der Waals surface area contributed by atoms with Gasteiger partial charge in [0, 0.05) is 5.69 Å². The van der Waals surface area contributed by atoms with Crippen LogP contribution in [-0.2, 0) is 22.6 Å². The number of aryl methyl sites for hydroxylation is 1. The summed E-state index contributed by atoms with van der Waals surface area (Å²) >= 11 is 0. The van der Waals surface area contributed by atoms with Gasteiger partial charge in [-0.05, 0) is 30.2 Å². The summed E-state index contributed by atoms with van der Waals surface area (Å²) in [5, 5.41) is 3.04. The van der Waals surface area contributed by atoms with Gasteiger partial charge in [0.15, 0.2) is 18.8 Å². The number of hydrogen-bond acceptors (Lipinski definition) is 3. The van der Waals surface area contributed by atoms with Gasteiger partial charge in [-0.25, -0.2) is 0 Å². The Hall–Kier alpha value is -2.64. The highest BCUT2D eigenvalue weighted by atomic mass is 16.3. The van der Waals surface area contributed by atoms with E-state index in [-0.39, 0.29) is 11.8 Å². The zero-order valence-electron chi connectivity index (χ0n) is 17.4. The van der Waals surface area contributed by atoms with Crippen LogP contribution in [0, 0.1) is 0 Å². The number of rotatable bonds is 8. The van der Waals surface area contributed by atoms with Crippen molar-refractivity contribution in [1.29, 1.82) is 0 Å². The second-order valence-corrected chi connectivity index (χ2v) is 7.76. The maximum absolute atomic E-state index is 12.6. The second kappa shape index (κ2) is 10.2. The minimum Gasteiger partial charge on any atom is -0.463 e. The van der Waals surface area contributed by atoms with E-state index in [1.807, 2.05) is 48.3 Å². The van der Waals surface area contributed by atoms with Crippen LogP contribution in [0.2, 0.25) is 0 Å². The smallest absolute Gasteiger partial charge is 0.279 e. The summed E-state index contributed by atoms with van der Waals surface area (Å²) in [5.74, 6) is 1.08. The van der Waals surface area contributed by atoms with Crippen molar-refractivity contribution in [2.24, 2.45) is 0 Å². The molecule has 2 aromatic rings. The molecule has 156 valence electrons. The second-order valence-electron chi connectivity index (χ2n) is 7.76. The van der Waals surface area contributed by atoms with Gasteiger partial charge in [0.1, 0.15) is 6.54 Å². The van der Waals surface area contributed by atoms with Crippen LogP contribution in [0.3, 0.4) is 0 Å². The molecule has 0 aliphatic carbocycles. The zero-order chi connectivity index (χ0) is 20.6. The molecule has 29 heavy (non-hydrogen) atoms. The quantitative estimate of drug-likeness (QED) is 0.545. The molecule has 0 bridgehead atoms. The van der Waals surface area contributed by atoms with Crippen molar-refractivity contribution in [3.8, 4) is 0 Å². The standard InChI is InChI=1S/C22H30N4O3/c1-3-18-7-4-5-9-20(18)23-21(27)16-25-10-12-26(13-11-25)22(28)17-24(2)15-19-8-6-14-29-19/h4-9,14H,3,10-13,15-17H2,1-2H3,(H,23,27)/p+2. The summed E-state index contributed by atoms with van der Waals surface area (Å²) in [4.78, 5) is 29.2. The predicted molar refractivity (Wildman–Crippen MR) is 111 cm³/mol. The number of para-hydroxylation sites is 1. The molecule has 0 spiro atoms. The molecule has 1 aromatic carbocycles. The van der Waals surface area contributed by atoms with Gasteiger partial charge >= 0.3 is 0 Å². The van der Waals surface area contributed by atoms with E-state index < -0.39 is 0 Å². The number of quaternary nitrogens is 2. The Morgan fingerprint density at radius 3 is 2.62 bits per heavy atom. The molecular weight excluding hydrogens is 368 g/mol. The highest BCUT2D eigenvalue weighted by Crippen LogP contribution is 2.14. The Labute approximate surface area is 172 Å². The van der Waals surface area contributed by atoms with Gasteiger partial charge in [-0.2, -0.15) is 0 Å². The molecule has 1 aliphatic heterocycles. The van der Waals surface area contributed by atoms with Crippen LogP contribution in [0.15, 0.2) is 47.1 Å². The first-order valence-corrected chi connectivity index (χ1v) is 10.4. The number of furan rings is 1. The normalized spacial score (nSPS) is 15.9. The maximum atomic E-state index is 12.6. The lowest BCUT2D eigenvalue weighted by Crippen LogP contribution is -3.16. The Kier molecular flexibility index (Phi) is 7.43. The van der Waals surface area contributed by atoms with Crippen molar-refractivity contribution < 1.29 is 23.8 Å². The largest absolute Gasteiger partial charge is 0.463 e. The van der Waals surface area contributed by atoms with Crippen LogP contribution < -0.4 is 15.1 Å². The van der Waals surface area contributed by atoms with Gasteiger partial charge in [-0.15, -0.1) is 0 Å². The third-order valence-corrected chi connectivity index (χ3v) is 5.42. The topological polar surface area (TPSA) is 71.4 Å². The minimum atomic E-state index is 0.0308. The van der Waals surface area contributed by atoms with Gasteiger partial charge in [0.25, 0.3) is 11.8 Å². The maximum Gasteiger partial charge on any atom is 0.279 e. The lowest BCUT2D eigenvalue weighted by atomic mass is 10.1. The molecule has 1 aliphatic rings. The number of benzene rings is 1. The number of amides is 2. The fraction of sp³-hybridized carbons (Fsp3) is 0.455. The zero-order valence-corrected chi connectivity index (χ0v) is 17.4. The Bertz CT molecular complexity index is 798. The first-order chi connectivity index (χ1) is 14.0. The molecule has 0 radical (unpaired) electrons. The molecule has 2 heterocycles. The van der Waals surface area contributed by atoms with Crippen LogP contribution in [-0.4, -0.2) is 63.0 Å². The molecule has 7 nitrogen and oxygen atoms in total. The van der Waals surface area contributed by atoms with Crippen molar-refractivity contribution in [2.45, 2.75) is 19.9 Å². The highest BCUT2D eigenvalue weighted by Gasteiger charge is 2.27. The summed E-state index contributed by atoms with van der Waals surface area (Å²) in [6, 6.07) is 11.7. The summed E-state index contributed by atoms with van der Waals surface area (Å²) in [6.45, 7) is 6.65. The third-order valence-electron chi connectivity index (χ3n) is 5.42. The van der Waals surface area contributed by atoms with E-state index in [1.54, 1.807) is 6.26 Å². The van der Waals surface area contributed by atoms with Crippen molar-refractivity contribution in [1.82, 2.24) is 4.90 Å². The van der Waals surface area contributed by atoms with Gasteiger partial charge in [-0.1, -0.05) is 25.1 Å². The molecule has 2 amide bonds. The van der Waals surface area contributed by atoms with E-state index in [2.05, 4.69) is 12.2 Å². The van der Waals surface area contributed by atoms with E-state index in [1.165, 1.54) is 4.90 Å². The lowest BCUT2D eigenvalue weighted by molar-refractivity contribution is -0.896. The number of anilines is 1. The number of hydrogen-bond donors (Lipinski definition) is 3. The molecule has 1 fully saturated rings. The Morgan fingerprint density at radius 1 is 1.17 bits per heavy atom. The molecule has 7 heteroatoms. The molecule has 1 unspecified atom stereocenters. The Balaban J connectivity index is 1.40. The average molecular weight is 401 g/mol. The summed E-state index contributed by atoms with van der Waals surface area (Å²) in [6.07, 6.45) is 2.55. The minimum absolute atomic E-state index is 0.0308. The highest BCUT2D eigenvalue weighted by molar-refractivity contribution is 5.92. The van der Waals surface area contributed by atoms with Crippen LogP contribution in [0.4, 0.5) is 5.69 Å². The van der Waals surface area contributed by atoms with E-state index in [9.17, 15) is 9.59 Å². The Morgan fingerprint density at radius 2 is 1.93 bits per heavy atom. The molecule has 1 atom stereocenters. The molecule has 3 N–H and O–H groups in total. The van der Waals surface area contributed by atoms with E-state index in [0.717, 1.165) is 41.4 Å². The number of carbonyl (C=O) groups is 2. The fourth-order valence-electron chi connectivity index (χ4n) is 3.76. The summed E-state index contributed by atoms with van der Waals surface area (Å²) < 4.78 is 5.35. The van der Waals surface area contributed by atoms with Gasteiger partial charge in [-0.3, -0.25) is 9.59 Å². The van der Waals surface area contributed by atoms with Crippen molar-refractivity contribution in [2.75, 3.05) is 51.6 Å². The fourth-order valence-corrected chi connectivity index (χ4v) is 3.76. The lowest BCUT2D eigenvalue weighted by Gasteiger charge is -2.32. The first kappa shape index (κ1) is 21.1. The number of nitrogens with zero attached hydrogens (tertiary/aromatic N) is 1. The average Bonchev–Trinajstić information content (AvgIpc) is 3.21. The van der Waals surface area contributed by atoms with Gasteiger partial charge in [0.2, 0.25) is 0 Å². The van der Waals surface area contributed by atoms with Crippen LogP contribution in [0.1, 0.15) is 18.2 Å². The molecular formula is C22H32N4O3+2. The van der Waals surface area contributed by atoms with E-state index >= 15 is 0 Å². The number of carbonyl (C=O) groups excluding carboxylic acids is 2. The van der Waals surface area contributed by atoms with Gasteiger partial charge < -0.3 is 24.4 Å². The van der Waals surface area contributed by atoms with Crippen molar-refractivity contribution in [3.63, 3.8) is 0 Å². The molecule has 0 saturated carbocycles. The SMILES string of the molecule is CCc1ccccc1NC(=O)C[NH+]1CCN(C(=O)C[NH+](C)Cc2ccco2)CC1. The number of nitrogens with one attached hydrogen (secondary N) is 3.